The molecule has 2 N–H and O–H groups in total. The van der Waals surface area contributed by atoms with Gasteiger partial charge < -0.3 is 5.73 Å². The van der Waals surface area contributed by atoms with Crippen molar-refractivity contribution in [1.82, 2.24) is 4.31 Å². The maximum atomic E-state index is 13.0. The number of benzene rings is 1. The van der Waals surface area contributed by atoms with E-state index in [4.69, 9.17) is 17.3 Å². The number of halogens is 3. The largest absolute Gasteiger partial charge is 0.330 e. The molecule has 8 heteroatoms. The molecule has 0 aliphatic rings. The van der Waals surface area contributed by atoms with Gasteiger partial charge in [-0.25, -0.2) is 17.1 Å². The highest BCUT2D eigenvalue weighted by Crippen LogP contribution is 2.26. The quantitative estimate of drug-likeness (QED) is 0.892. The zero-order valence-corrected chi connectivity index (χ0v) is 13.9. The van der Waals surface area contributed by atoms with Crippen LogP contribution in [0.5, 0.6) is 0 Å². The maximum Gasteiger partial charge on any atom is 0.244 e. The predicted octanol–water partition coefficient (Wildman–Crippen LogP) is 2.51. The van der Waals surface area contributed by atoms with Crippen LogP contribution < -0.4 is 5.73 Å². The van der Waals surface area contributed by atoms with Crippen LogP contribution in [-0.2, 0) is 10.0 Å². The minimum absolute atomic E-state index is 0. The van der Waals surface area contributed by atoms with Gasteiger partial charge in [0.15, 0.2) is 0 Å². The second-order valence-corrected chi connectivity index (χ2v) is 7.62. The Kier molecular flexibility index (Phi) is 6.90. The molecule has 0 spiro atoms. The number of nitrogens with zero attached hydrogens (tertiary/aromatic N) is 1. The highest BCUT2D eigenvalue weighted by atomic mass is 35.5. The number of sulfonamides is 1. The minimum atomic E-state index is -3.75. The number of rotatable bonds is 5. The van der Waals surface area contributed by atoms with Gasteiger partial charge in [-0.1, -0.05) is 25.4 Å². The van der Waals surface area contributed by atoms with Crippen molar-refractivity contribution in [3.05, 3.63) is 29.0 Å². The first-order valence-corrected chi connectivity index (χ1v) is 7.53. The Morgan fingerprint density at radius 3 is 2.40 bits per heavy atom. The van der Waals surface area contributed by atoms with E-state index >= 15 is 0 Å². The van der Waals surface area contributed by atoms with Crippen LogP contribution >= 0.6 is 24.0 Å². The molecule has 0 bridgehead atoms. The van der Waals surface area contributed by atoms with Crippen molar-refractivity contribution < 1.29 is 12.8 Å². The summed E-state index contributed by atoms with van der Waals surface area (Å²) >= 11 is 5.79. The Hall–Kier alpha value is -0.400. The number of nitrogens with two attached hydrogens (primary N) is 1. The summed E-state index contributed by atoms with van der Waals surface area (Å²) in [5, 5.41) is -0.127. The first kappa shape index (κ1) is 19.6. The smallest absolute Gasteiger partial charge is 0.244 e. The second-order valence-electron chi connectivity index (χ2n) is 5.20. The topological polar surface area (TPSA) is 63.4 Å². The summed E-state index contributed by atoms with van der Waals surface area (Å²) in [5.41, 5.74) is 5.24. The van der Waals surface area contributed by atoms with E-state index in [1.807, 2.05) is 13.8 Å². The summed E-state index contributed by atoms with van der Waals surface area (Å²) in [6.45, 7) is 4.33. The molecule has 1 aromatic carbocycles. The number of hydrogen-bond donors (Lipinski definition) is 1. The molecule has 0 saturated carbocycles. The molecule has 0 atom stereocenters. The van der Waals surface area contributed by atoms with Gasteiger partial charge in [-0.05, 0) is 30.2 Å². The van der Waals surface area contributed by atoms with Crippen molar-refractivity contribution >= 4 is 34.0 Å². The van der Waals surface area contributed by atoms with Gasteiger partial charge in [-0.3, -0.25) is 0 Å². The summed E-state index contributed by atoms with van der Waals surface area (Å²) in [5.74, 6) is -0.575. The first-order chi connectivity index (χ1) is 8.60. The lowest BCUT2D eigenvalue weighted by molar-refractivity contribution is 0.292. The van der Waals surface area contributed by atoms with Gasteiger partial charge >= 0.3 is 0 Å². The third-order valence-corrected chi connectivity index (χ3v) is 5.07. The summed E-state index contributed by atoms with van der Waals surface area (Å²) in [6.07, 6.45) is 0. The van der Waals surface area contributed by atoms with Crippen LogP contribution in [-0.4, -0.2) is 32.9 Å². The molecule has 0 saturated heterocycles. The molecular formula is C12H19Cl2FN2O2S. The molecule has 1 rings (SSSR count). The standard InChI is InChI=1S/C12H18ClFN2O2S.ClH/c1-12(2,7-15)8-16(3)19(17,18)11-5-4-9(14)6-10(11)13;/h4-6H,7-8,15H2,1-3H3;1H. The normalized spacial score (nSPS) is 12.3. The van der Waals surface area contributed by atoms with E-state index in [0.717, 1.165) is 12.1 Å². The molecule has 0 heterocycles. The maximum absolute atomic E-state index is 13.0. The van der Waals surface area contributed by atoms with Crippen LogP contribution in [0.25, 0.3) is 0 Å². The third kappa shape index (κ3) is 4.56. The summed E-state index contributed by atoms with van der Waals surface area (Å²) in [4.78, 5) is -0.106. The summed E-state index contributed by atoms with van der Waals surface area (Å²) in [7, 11) is -2.30. The molecular weight excluding hydrogens is 326 g/mol. The van der Waals surface area contributed by atoms with Crippen molar-refractivity contribution in [1.29, 1.82) is 0 Å². The van der Waals surface area contributed by atoms with Crippen molar-refractivity contribution in [2.75, 3.05) is 20.1 Å². The Bertz CT molecular complexity index is 565. The second kappa shape index (κ2) is 7.04. The van der Waals surface area contributed by atoms with Crippen LogP contribution in [0.15, 0.2) is 23.1 Å². The van der Waals surface area contributed by atoms with Crippen LogP contribution in [0.3, 0.4) is 0 Å². The zero-order valence-electron chi connectivity index (χ0n) is 11.6. The number of hydrogen-bond acceptors (Lipinski definition) is 3. The van der Waals surface area contributed by atoms with Crippen molar-refractivity contribution in [2.45, 2.75) is 18.7 Å². The van der Waals surface area contributed by atoms with Gasteiger partial charge in [0.2, 0.25) is 10.0 Å². The predicted molar refractivity (Wildman–Crippen MR) is 81.3 cm³/mol. The fourth-order valence-corrected chi connectivity index (χ4v) is 3.46. The molecule has 4 nitrogen and oxygen atoms in total. The van der Waals surface area contributed by atoms with Crippen molar-refractivity contribution in [3.63, 3.8) is 0 Å². The van der Waals surface area contributed by atoms with Crippen LogP contribution in [0.4, 0.5) is 4.39 Å². The van der Waals surface area contributed by atoms with Crippen LogP contribution in [0.2, 0.25) is 5.02 Å². The van der Waals surface area contributed by atoms with E-state index < -0.39 is 15.8 Å². The fraction of sp³-hybridized carbons (Fsp3) is 0.500. The first-order valence-electron chi connectivity index (χ1n) is 5.71. The van der Waals surface area contributed by atoms with E-state index in [-0.39, 0.29) is 34.3 Å². The van der Waals surface area contributed by atoms with Gasteiger partial charge in [0.1, 0.15) is 10.7 Å². The zero-order chi connectivity index (χ0) is 14.8. The van der Waals surface area contributed by atoms with Crippen molar-refractivity contribution in [2.24, 2.45) is 11.1 Å². The Morgan fingerprint density at radius 2 is 1.95 bits per heavy atom. The molecule has 0 fully saturated rings. The fourth-order valence-electron chi connectivity index (χ4n) is 1.60. The monoisotopic (exact) mass is 344 g/mol. The highest BCUT2D eigenvalue weighted by Gasteiger charge is 2.28. The molecule has 1 aromatic rings. The molecule has 116 valence electrons. The van der Waals surface area contributed by atoms with E-state index in [2.05, 4.69) is 0 Å². The SMILES string of the molecule is CN(CC(C)(C)CN)S(=O)(=O)c1ccc(F)cc1Cl.Cl. The van der Waals surface area contributed by atoms with Crippen LogP contribution in [0.1, 0.15) is 13.8 Å². The minimum Gasteiger partial charge on any atom is -0.330 e. The molecule has 0 aliphatic heterocycles. The highest BCUT2D eigenvalue weighted by molar-refractivity contribution is 7.89. The summed E-state index contributed by atoms with van der Waals surface area (Å²) < 4.78 is 38.8. The lowest BCUT2D eigenvalue weighted by Crippen LogP contribution is -2.39. The molecule has 0 aromatic heterocycles. The third-order valence-electron chi connectivity index (χ3n) is 2.79. The Labute approximate surface area is 130 Å². The molecule has 0 aliphatic carbocycles. The van der Waals surface area contributed by atoms with E-state index in [9.17, 15) is 12.8 Å². The van der Waals surface area contributed by atoms with E-state index in [0.29, 0.717) is 6.54 Å². The van der Waals surface area contributed by atoms with E-state index in [1.54, 1.807) is 0 Å². The van der Waals surface area contributed by atoms with Gasteiger partial charge in [-0.2, -0.15) is 0 Å². The Balaban J connectivity index is 0.00000361. The lowest BCUT2D eigenvalue weighted by Gasteiger charge is -2.28. The van der Waals surface area contributed by atoms with Gasteiger partial charge in [-0.15, -0.1) is 12.4 Å². The molecule has 0 radical (unpaired) electrons. The average molecular weight is 345 g/mol. The van der Waals surface area contributed by atoms with E-state index in [1.165, 1.54) is 17.4 Å². The molecule has 0 unspecified atom stereocenters. The van der Waals surface area contributed by atoms with Gasteiger partial charge in [0.05, 0.1) is 5.02 Å². The van der Waals surface area contributed by atoms with Gasteiger partial charge in [0.25, 0.3) is 0 Å². The van der Waals surface area contributed by atoms with Crippen LogP contribution in [0, 0.1) is 11.2 Å². The van der Waals surface area contributed by atoms with Crippen molar-refractivity contribution in [3.8, 4) is 0 Å². The molecule has 20 heavy (non-hydrogen) atoms. The average Bonchev–Trinajstić information content (AvgIpc) is 2.27. The Morgan fingerprint density at radius 1 is 1.40 bits per heavy atom. The summed E-state index contributed by atoms with van der Waals surface area (Å²) in [6, 6.07) is 3.22. The lowest BCUT2D eigenvalue weighted by atomic mass is 9.94. The molecule has 0 amide bonds. The van der Waals surface area contributed by atoms with Gasteiger partial charge in [0, 0.05) is 13.6 Å².